The second-order valence-electron chi connectivity index (χ2n) is 6.51. The highest BCUT2D eigenvalue weighted by Gasteiger charge is 2.24. The van der Waals surface area contributed by atoms with Crippen LogP contribution in [0.5, 0.6) is 0 Å². The van der Waals surface area contributed by atoms with E-state index < -0.39 is 0 Å². The van der Waals surface area contributed by atoms with Gasteiger partial charge in [0.2, 0.25) is 0 Å². The van der Waals surface area contributed by atoms with Gasteiger partial charge in [-0.15, -0.1) is 0 Å². The van der Waals surface area contributed by atoms with Crippen molar-refractivity contribution in [2.45, 2.75) is 31.7 Å². The number of hydrogen-bond acceptors (Lipinski definition) is 3. The summed E-state index contributed by atoms with van der Waals surface area (Å²) in [6.07, 6.45) is 6.04. The third kappa shape index (κ3) is 3.18. The van der Waals surface area contributed by atoms with Crippen molar-refractivity contribution in [3.05, 3.63) is 66.0 Å². The minimum atomic E-state index is -0.288. The van der Waals surface area contributed by atoms with Crippen LogP contribution in [0, 0.1) is 0 Å². The Balaban J connectivity index is 1.67. The third-order valence-electron chi connectivity index (χ3n) is 4.70. The van der Waals surface area contributed by atoms with E-state index in [2.05, 4.69) is 15.6 Å². The Labute approximate surface area is 151 Å². The molecule has 1 fully saturated rings. The molecule has 2 amide bonds. The average Bonchev–Trinajstić information content (AvgIpc) is 3.29. The molecule has 1 aliphatic carbocycles. The summed E-state index contributed by atoms with van der Waals surface area (Å²) >= 11 is 0. The van der Waals surface area contributed by atoms with Gasteiger partial charge in [-0.3, -0.25) is 14.0 Å². The molecule has 1 aromatic carbocycles. The normalized spacial score (nSPS) is 14.5. The number of hydrogen-bond donors (Lipinski definition) is 2. The summed E-state index contributed by atoms with van der Waals surface area (Å²) in [5.74, 6) is -0.219. The minimum absolute atomic E-state index is 0.189. The van der Waals surface area contributed by atoms with E-state index >= 15 is 0 Å². The van der Waals surface area contributed by atoms with E-state index in [4.69, 9.17) is 0 Å². The summed E-state index contributed by atoms with van der Waals surface area (Å²) in [6.45, 7) is 0. The van der Waals surface area contributed by atoms with Gasteiger partial charge < -0.3 is 10.6 Å². The number of carbonyl (C=O) groups is 2. The molecule has 0 unspecified atom stereocenters. The molecule has 1 saturated carbocycles. The molecule has 6 heteroatoms. The van der Waals surface area contributed by atoms with Crippen molar-refractivity contribution in [2.75, 3.05) is 5.32 Å². The van der Waals surface area contributed by atoms with Gasteiger partial charge in [0.05, 0.1) is 0 Å². The smallest absolute Gasteiger partial charge is 0.272 e. The Morgan fingerprint density at radius 3 is 2.46 bits per heavy atom. The molecule has 6 nitrogen and oxygen atoms in total. The van der Waals surface area contributed by atoms with Gasteiger partial charge in [-0.2, -0.15) is 0 Å². The Morgan fingerprint density at radius 1 is 0.962 bits per heavy atom. The molecule has 2 N–H and O–H groups in total. The number of nitrogens with one attached hydrogen (secondary N) is 2. The SMILES string of the molecule is O=C(Nc1nc2ccccn2c1C(=O)NC1CCCC1)c1ccccc1. The second kappa shape index (κ2) is 7.00. The van der Waals surface area contributed by atoms with E-state index in [1.54, 1.807) is 34.9 Å². The van der Waals surface area contributed by atoms with Crippen LogP contribution < -0.4 is 10.6 Å². The predicted octanol–water partition coefficient (Wildman–Crippen LogP) is 3.26. The highest BCUT2D eigenvalue weighted by Crippen LogP contribution is 2.22. The van der Waals surface area contributed by atoms with Crippen molar-refractivity contribution < 1.29 is 9.59 Å². The van der Waals surface area contributed by atoms with Crippen LogP contribution in [0.3, 0.4) is 0 Å². The predicted molar refractivity (Wildman–Crippen MR) is 99.3 cm³/mol. The number of aromatic nitrogens is 2. The lowest BCUT2D eigenvalue weighted by Gasteiger charge is -2.13. The quantitative estimate of drug-likeness (QED) is 0.760. The summed E-state index contributed by atoms with van der Waals surface area (Å²) in [6, 6.07) is 14.6. The van der Waals surface area contributed by atoms with Crippen molar-refractivity contribution in [1.82, 2.24) is 14.7 Å². The number of benzene rings is 1. The Morgan fingerprint density at radius 2 is 1.69 bits per heavy atom. The first-order valence-electron chi connectivity index (χ1n) is 8.87. The molecular weight excluding hydrogens is 328 g/mol. The molecular formula is C20H20N4O2. The van der Waals surface area contributed by atoms with Crippen molar-refractivity contribution in [1.29, 1.82) is 0 Å². The van der Waals surface area contributed by atoms with Crippen LogP contribution in [0.2, 0.25) is 0 Å². The number of amides is 2. The van der Waals surface area contributed by atoms with E-state index in [1.165, 1.54) is 0 Å². The first-order chi connectivity index (χ1) is 12.7. The number of rotatable bonds is 4. The third-order valence-corrected chi connectivity index (χ3v) is 4.70. The number of nitrogens with zero attached hydrogens (tertiary/aromatic N) is 2. The van der Waals surface area contributed by atoms with E-state index in [1.807, 2.05) is 24.3 Å². The van der Waals surface area contributed by atoms with Crippen LogP contribution >= 0.6 is 0 Å². The van der Waals surface area contributed by atoms with E-state index in [0.717, 1.165) is 25.7 Å². The van der Waals surface area contributed by atoms with E-state index in [-0.39, 0.29) is 23.7 Å². The van der Waals surface area contributed by atoms with Crippen molar-refractivity contribution in [3.63, 3.8) is 0 Å². The monoisotopic (exact) mass is 348 g/mol. The maximum Gasteiger partial charge on any atom is 0.272 e. The summed E-state index contributed by atoms with van der Waals surface area (Å²) in [5, 5.41) is 5.87. The van der Waals surface area contributed by atoms with Crippen LogP contribution in [0.1, 0.15) is 46.5 Å². The Hall–Kier alpha value is -3.15. The van der Waals surface area contributed by atoms with Gasteiger partial charge in [-0.1, -0.05) is 37.1 Å². The maximum atomic E-state index is 12.9. The highest BCUT2D eigenvalue weighted by atomic mass is 16.2. The molecule has 2 heterocycles. The largest absolute Gasteiger partial charge is 0.348 e. The number of anilines is 1. The molecule has 2 aromatic heterocycles. The fourth-order valence-corrected chi connectivity index (χ4v) is 3.39. The topological polar surface area (TPSA) is 75.5 Å². The molecule has 1 aliphatic rings. The number of pyridine rings is 1. The maximum absolute atomic E-state index is 12.9. The molecule has 0 saturated heterocycles. The van der Waals surface area contributed by atoms with Crippen molar-refractivity contribution in [2.24, 2.45) is 0 Å². The zero-order valence-corrected chi connectivity index (χ0v) is 14.3. The molecule has 0 aliphatic heterocycles. The minimum Gasteiger partial charge on any atom is -0.348 e. The van der Waals surface area contributed by atoms with E-state index in [9.17, 15) is 9.59 Å². The summed E-state index contributed by atoms with van der Waals surface area (Å²) in [4.78, 5) is 29.9. The zero-order chi connectivity index (χ0) is 17.9. The molecule has 3 aromatic rings. The van der Waals surface area contributed by atoms with Crippen LogP contribution in [0.15, 0.2) is 54.7 Å². The van der Waals surface area contributed by atoms with Crippen LogP contribution in [-0.2, 0) is 0 Å². The second-order valence-corrected chi connectivity index (χ2v) is 6.51. The lowest BCUT2D eigenvalue weighted by molar-refractivity contribution is 0.0933. The van der Waals surface area contributed by atoms with Gasteiger partial charge in [-0.05, 0) is 37.1 Å². The van der Waals surface area contributed by atoms with Crippen molar-refractivity contribution >= 4 is 23.3 Å². The fourth-order valence-electron chi connectivity index (χ4n) is 3.39. The Kier molecular flexibility index (Phi) is 4.39. The molecule has 4 rings (SSSR count). The first kappa shape index (κ1) is 16.3. The summed E-state index contributed by atoms with van der Waals surface area (Å²) in [7, 11) is 0. The molecule has 0 atom stereocenters. The van der Waals surface area contributed by atoms with Crippen LogP contribution in [-0.4, -0.2) is 27.2 Å². The lowest BCUT2D eigenvalue weighted by atomic mass is 10.2. The van der Waals surface area contributed by atoms with Crippen LogP contribution in [0.4, 0.5) is 5.82 Å². The van der Waals surface area contributed by atoms with Gasteiger partial charge in [0.25, 0.3) is 11.8 Å². The molecule has 26 heavy (non-hydrogen) atoms. The van der Waals surface area contributed by atoms with Gasteiger partial charge in [0.1, 0.15) is 5.65 Å². The highest BCUT2D eigenvalue weighted by molar-refractivity contribution is 6.08. The number of carbonyl (C=O) groups excluding carboxylic acids is 2. The average molecular weight is 348 g/mol. The zero-order valence-electron chi connectivity index (χ0n) is 14.3. The van der Waals surface area contributed by atoms with Gasteiger partial charge in [-0.25, -0.2) is 4.98 Å². The molecule has 132 valence electrons. The summed E-state index contributed by atoms with van der Waals surface area (Å²) < 4.78 is 1.71. The number of fused-ring (bicyclic) bond motifs is 1. The molecule has 0 bridgehead atoms. The van der Waals surface area contributed by atoms with Crippen LogP contribution in [0.25, 0.3) is 5.65 Å². The molecule has 0 radical (unpaired) electrons. The standard InChI is InChI=1S/C20H20N4O2/c25-19(14-8-2-1-3-9-14)23-18-17(20(26)21-15-10-4-5-11-15)24-13-7-6-12-16(24)22-18/h1-3,6-9,12-13,15H,4-5,10-11H2,(H,21,26)(H,23,25). The first-order valence-corrected chi connectivity index (χ1v) is 8.87. The fraction of sp³-hybridized carbons (Fsp3) is 0.250. The lowest BCUT2D eigenvalue weighted by Crippen LogP contribution is -2.34. The van der Waals surface area contributed by atoms with Gasteiger partial charge in [0.15, 0.2) is 11.5 Å². The van der Waals surface area contributed by atoms with Crippen molar-refractivity contribution in [3.8, 4) is 0 Å². The van der Waals surface area contributed by atoms with Gasteiger partial charge >= 0.3 is 0 Å². The van der Waals surface area contributed by atoms with Gasteiger partial charge in [0, 0.05) is 17.8 Å². The number of imidazole rings is 1. The Bertz CT molecular complexity index is 943. The molecule has 0 spiro atoms. The van der Waals surface area contributed by atoms with E-state index in [0.29, 0.717) is 16.9 Å². The summed E-state index contributed by atoms with van der Waals surface area (Å²) in [5.41, 5.74) is 1.50.